The molecule has 0 unspecified atom stereocenters. The van der Waals surface area contributed by atoms with Gasteiger partial charge in [-0.1, -0.05) is 0 Å². The lowest BCUT2D eigenvalue weighted by Crippen LogP contribution is -2.43. The van der Waals surface area contributed by atoms with Gasteiger partial charge in [0.2, 0.25) is 5.91 Å². The quantitative estimate of drug-likeness (QED) is 0.848. The molecule has 5 nitrogen and oxygen atoms in total. The summed E-state index contributed by atoms with van der Waals surface area (Å²) in [4.78, 5) is 24.2. The third-order valence-electron chi connectivity index (χ3n) is 2.90. The Hall–Kier alpha value is -2.11. The fraction of sp³-hybridized carbons (Fsp3) is 0.385. The van der Waals surface area contributed by atoms with Crippen LogP contribution < -0.4 is 9.64 Å². The molecule has 0 heterocycles. The first-order valence-electron chi connectivity index (χ1n) is 5.57. The average molecular weight is 269 g/mol. The second kappa shape index (κ2) is 5.26. The van der Waals surface area contributed by atoms with Crippen molar-refractivity contribution in [3.8, 4) is 5.75 Å². The van der Waals surface area contributed by atoms with Crippen LogP contribution in [0.1, 0.15) is 13.8 Å². The Morgan fingerprint density at radius 1 is 1.37 bits per heavy atom. The van der Waals surface area contributed by atoms with E-state index in [0.29, 0.717) is 0 Å². The van der Waals surface area contributed by atoms with Gasteiger partial charge < -0.3 is 14.7 Å². The van der Waals surface area contributed by atoms with E-state index in [1.165, 1.54) is 40.1 Å². The van der Waals surface area contributed by atoms with E-state index < -0.39 is 23.1 Å². The van der Waals surface area contributed by atoms with Crippen molar-refractivity contribution in [3.63, 3.8) is 0 Å². The van der Waals surface area contributed by atoms with Crippen molar-refractivity contribution in [2.24, 2.45) is 5.41 Å². The minimum absolute atomic E-state index is 0.0575. The van der Waals surface area contributed by atoms with E-state index >= 15 is 0 Å². The molecule has 0 saturated carbocycles. The van der Waals surface area contributed by atoms with Gasteiger partial charge in [-0.25, -0.2) is 4.39 Å². The molecule has 104 valence electrons. The van der Waals surface area contributed by atoms with Gasteiger partial charge in [-0.2, -0.15) is 0 Å². The average Bonchev–Trinajstić information content (AvgIpc) is 2.36. The Bertz CT molecular complexity index is 513. The van der Waals surface area contributed by atoms with Crippen LogP contribution in [0.3, 0.4) is 0 Å². The van der Waals surface area contributed by atoms with E-state index in [0.717, 1.165) is 11.0 Å². The maximum atomic E-state index is 13.6. The number of carboxylic acids is 1. The Labute approximate surface area is 110 Å². The minimum atomic E-state index is -1.58. The molecule has 1 N–H and O–H groups in total. The maximum absolute atomic E-state index is 13.6. The summed E-state index contributed by atoms with van der Waals surface area (Å²) in [5.74, 6) is -2.43. The van der Waals surface area contributed by atoms with Crippen molar-refractivity contribution in [3.05, 3.63) is 24.0 Å². The molecule has 0 atom stereocenters. The zero-order chi connectivity index (χ0) is 14.8. The van der Waals surface area contributed by atoms with Crippen molar-refractivity contribution >= 4 is 17.6 Å². The van der Waals surface area contributed by atoms with Crippen LogP contribution in [0.15, 0.2) is 18.2 Å². The largest absolute Gasteiger partial charge is 0.494 e. The van der Waals surface area contributed by atoms with Crippen LogP contribution >= 0.6 is 0 Å². The van der Waals surface area contributed by atoms with Gasteiger partial charge in [-0.3, -0.25) is 9.59 Å². The molecule has 0 saturated heterocycles. The van der Waals surface area contributed by atoms with Crippen LogP contribution in [0.4, 0.5) is 10.1 Å². The molecular formula is C13H16FNO4. The molecule has 19 heavy (non-hydrogen) atoms. The number of carboxylic acid groups (broad SMARTS) is 1. The molecule has 6 heteroatoms. The van der Waals surface area contributed by atoms with E-state index in [1.807, 2.05) is 0 Å². The van der Waals surface area contributed by atoms with Gasteiger partial charge in [0.1, 0.15) is 5.41 Å². The summed E-state index contributed by atoms with van der Waals surface area (Å²) in [6.45, 7) is 2.60. The number of nitrogens with zero attached hydrogens (tertiary/aromatic N) is 1. The first kappa shape index (κ1) is 14.9. The Morgan fingerprint density at radius 3 is 2.37 bits per heavy atom. The lowest BCUT2D eigenvalue weighted by atomic mass is 9.92. The number of methoxy groups -OCH3 is 1. The van der Waals surface area contributed by atoms with Crippen molar-refractivity contribution in [1.82, 2.24) is 0 Å². The van der Waals surface area contributed by atoms with Gasteiger partial charge >= 0.3 is 5.97 Å². The van der Waals surface area contributed by atoms with Crippen LogP contribution in [0.25, 0.3) is 0 Å². The number of amides is 1. The van der Waals surface area contributed by atoms with Crippen molar-refractivity contribution in [1.29, 1.82) is 0 Å². The molecule has 0 aliphatic rings. The Kier molecular flexibility index (Phi) is 4.14. The zero-order valence-corrected chi connectivity index (χ0v) is 11.2. The third kappa shape index (κ3) is 2.83. The van der Waals surface area contributed by atoms with Gasteiger partial charge in [0, 0.05) is 18.8 Å². The number of benzene rings is 1. The van der Waals surface area contributed by atoms with E-state index in [1.54, 1.807) is 0 Å². The molecule has 0 spiro atoms. The fourth-order valence-corrected chi connectivity index (χ4v) is 1.49. The number of halogens is 1. The van der Waals surface area contributed by atoms with E-state index in [4.69, 9.17) is 9.84 Å². The standard InChI is InChI=1S/C13H16FNO4/c1-13(2,12(17)18)11(16)15(3)8-5-6-10(19-4)9(14)7-8/h5-7H,1-4H3,(H,17,18). The van der Waals surface area contributed by atoms with Gasteiger partial charge in [-0.15, -0.1) is 0 Å². The molecule has 1 aromatic rings. The molecule has 0 aliphatic carbocycles. The molecule has 1 aromatic carbocycles. The van der Waals surface area contributed by atoms with Crippen molar-refractivity contribution in [2.75, 3.05) is 19.1 Å². The Morgan fingerprint density at radius 2 is 1.95 bits per heavy atom. The monoisotopic (exact) mass is 269 g/mol. The van der Waals surface area contributed by atoms with E-state index in [2.05, 4.69) is 0 Å². The molecule has 1 amide bonds. The first-order valence-corrected chi connectivity index (χ1v) is 5.57. The highest BCUT2D eigenvalue weighted by Crippen LogP contribution is 2.26. The summed E-state index contributed by atoms with van der Waals surface area (Å²) < 4.78 is 18.3. The molecule has 0 aliphatic heterocycles. The molecule has 0 radical (unpaired) electrons. The van der Waals surface area contributed by atoms with Crippen molar-refractivity contribution < 1.29 is 23.8 Å². The third-order valence-corrected chi connectivity index (χ3v) is 2.90. The molecular weight excluding hydrogens is 253 g/mol. The maximum Gasteiger partial charge on any atom is 0.318 e. The zero-order valence-electron chi connectivity index (χ0n) is 11.2. The summed E-state index contributed by atoms with van der Waals surface area (Å²) in [5, 5.41) is 9.00. The normalized spacial score (nSPS) is 11.0. The lowest BCUT2D eigenvalue weighted by Gasteiger charge is -2.26. The number of carbonyl (C=O) groups excluding carboxylic acids is 1. The number of rotatable bonds is 4. The number of carbonyl (C=O) groups is 2. The number of aliphatic carboxylic acids is 1. The number of ether oxygens (including phenoxy) is 1. The predicted molar refractivity (Wildman–Crippen MR) is 67.8 cm³/mol. The highest BCUT2D eigenvalue weighted by molar-refractivity contribution is 6.08. The van der Waals surface area contributed by atoms with Crippen LogP contribution in [0.2, 0.25) is 0 Å². The topological polar surface area (TPSA) is 66.8 Å². The predicted octanol–water partition coefficient (Wildman–Crippen LogP) is 1.91. The second-order valence-electron chi connectivity index (χ2n) is 4.61. The molecule has 1 rings (SSSR count). The smallest absolute Gasteiger partial charge is 0.318 e. The summed E-state index contributed by atoms with van der Waals surface area (Å²) in [6.07, 6.45) is 0. The minimum Gasteiger partial charge on any atom is -0.494 e. The number of anilines is 1. The number of hydrogen-bond acceptors (Lipinski definition) is 3. The van der Waals surface area contributed by atoms with Crippen LogP contribution in [0.5, 0.6) is 5.75 Å². The van der Waals surface area contributed by atoms with Gasteiger partial charge in [0.05, 0.1) is 7.11 Å². The number of hydrogen-bond donors (Lipinski definition) is 1. The highest BCUT2D eigenvalue weighted by atomic mass is 19.1. The molecule has 0 aromatic heterocycles. The highest BCUT2D eigenvalue weighted by Gasteiger charge is 2.38. The second-order valence-corrected chi connectivity index (χ2v) is 4.61. The van der Waals surface area contributed by atoms with Gasteiger partial charge in [-0.05, 0) is 26.0 Å². The van der Waals surface area contributed by atoms with E-state index in [-0.39, 0.29) is 11.4 Å². The fourth-order valence-electron chi connectivity index (χ4n) is 1.49. The molecule has 0 fully saturated rings. The lowest BCUT2D eigenvalue weighted by molar-refractivity contribution is -0.152. The summed E-state index contributed by atoms with van der Waals surface area (Å²) in [7, 11) is 2.73. The SMILES string of the molecule is COc1ccc(N(C)C(=O)C(C)(C)C(=O)O)cc1F. The summed E-state index contributed by atoms with van der Waals surface area (Å²) in [6, 6.07) is 3.98. The van der Waals surface area contributed by atoms with Crippen LogP contribution in [0, 0.1) is 11.2 Å². The summed E-state index contributed by atoms with van der Waals surface area (Å²) in [5.41, 5.74) is -1.32. The molecule has 0 bridgehead atoms. The van der Waals surface area contributed by atoms with Crippen molar-refractivity contribution in [2.45, 2.75) is 13.8 Å². The van der Waals surface area contributed by atoms with Crippen LogP contribution in [-0.2, 0) is 9.59 Å². The first-order chi connectivity index (χ1) is 8.71. The van der Waals surface area contributed by atoms with Gasteiger partial charge in [0.25, 0.3) is 0 Å². The summed E-state index contributed by atoms with van der Waals surface area (Å²) >= 11 is 0. The van der Waals surface area contributed by atoms with Gasteiger partial charge in [0.15, 0.2) is 11.6 Å². The van der Waals surface area contributed by atoms with Crippen LogP contribution in [-0.4, -0.2) is 31.1 Å². The van der Waals surface area contributed by atoms with E-state index in [9.17, 15) is 14.0 Å². The Balaban J connectivity index is 3.07.